The molecule has 1 aromatic carbocycles. The van der Waals surface area contributed by atoms with Crippen molar-refractivity contribution < 1.29 is 0 Å². The van der Waals surface area contributed by atoms with Gasteiger partial charge in [0, 0.05) is 0 Å². The fourth-order valence-corrected chi connectivity index (χ4v) is 1.48. The fourth-order valence-electron chi connectivity index (χ4n) is 1.48. The number of hydrogen-bond acceptors (Lipinski definition) is 0. The molecule has 0 fully saturated rings. The maximum Gasteiger partial charge on any atom is -0.0199 e. The largest absolute Gasteiger partial charge is 0.0838 e. The minimum atomic E-state index is 1.11. The monoisotopic (exact) mass is 190 g/mol. The van der Waals surface area contributed by atoms with Gasteiger partial charge in [0.1, 0.15) is 0 Å². The van der Waals surface area contributed by atoms with Crippen LogP contribution in [0.15, 0.2) is 30.3 Å². The van der Waals surface area contributed by atoms with Gasteiger partial charge in [-0.25, -0.2) is 0 Å². The van der Waals surface area contributed by atoms with Gasteiger partial charge in [0.2, 0.25) is 0 Å². The van der Waals surface area contributed by atoms with E-state index in [1.807, 2.05) is 13.8 Å². The number of hydrogen-bond donors (Lipinski definition) is 0. The number of benzene rings is 1. The Hall–Kier alpha value is -1.04. The van der Waals surface area contributed by atoms with E-state index in [-0.39, 0.29) is 0 Å². The lowest BCUT2D eigenvalue weighted by molar-refractivity contribution is 1.22. The third kappa shape index (κ3) is 3.37. The SMILES string of the molecule is C/C=C(/CC)c1ccccc1C.CC. The van der Waals surface area contributed by atoms with Crippen molar-refractivity contribution in [3.63, 3.8) is 0 Å². The molecule has 1 rings (SSSR count). The standard InChI is InChI=1S/C12H16.C2H6/c1-4-11(5-2)12-9-7-6-8-10(12)3;1-2/h4,6-9H,5H2,1-3H3;1-2H3/b11-4-;. The van der Waals surface area contributed by atoms with Gasteiger partial charge in [0.25, 0.3) is 0 Å². The molecule has 0 spiro atoms. The minimum Gasteiger partial charge on any atom is -0.0838 e. The van der Waals surface area contributed by atoms with E-state index < -0.39 is 0 Å². The first-order valence-electron chi connectivity index (χ1n) is 5.50. The van der Waals surface area contributed by atoms with Gasteiger partial charge in [0.05, 0.1) is 0 Å². The first-order chi connectivity index (χ1) is 6.79. The van der Waals surface area contributed by atoms with E-state index in [0.29, 0.717) is 0 Å². The maximum atomic E-state index is 2.20. The van der Waals surface area contributed by atoms with E-state index in [4.69, 9.17) is 0 Å². The molecule has 0 N–H and O–H groups in total. The van der Waals surface area contributed by atoms with Crippen LogP contribution in [0, 0.1) is 6.92 Å². The quantitative estimate of drug-likeness (QED) is 0.626. The Balaban J connectivity index is 0.000000791. The molecule has 0 saturated carbocycles. The normalized spacial score (nSPS) is 10.5. The summed E-state index contributed by atoms with van der Waals surface area (Å²) < 4.78 is 0. The lowest BCUT2D eigenvalue weighted by atomic mass is 9.99. The summed E-state index contributed by atoms with van der Waals surface area (Å²) in [5.41, 5.74) is 4.20. The second-order valence-electron chi connectivity index (χ2n) is 2.98. The van der Waals surface area contributed by atoms with Gasteiger partial charge >= 0.3 is 0 Å². The van der Waals surface area contributed by atoms with Crippen LogP contribution in [0.5, 0.6) is 0 Å². The second-order valence-corrected chi connectivity index (χ2v) is 2.98. The fraction of sp³-hybridized carbons (Fsp3) is 0.429. The molecule has 0 heterocycles. The Morgan fingerprint density at radius 2 is 1.79 bits per heavy atom. The van der Waals surface area contributed by atoms with Crippen LogP contribution in [-0.2, 0) is 0 Å². The Morgan fingerprint density at radius 1 is 1.21 bits per heavy atom. The molecule has 0 unspecified atom stereocenters. The molecule has 14 heavy (non-hydrogen) atoms. The predicted octanol–water partition coefficient (Wildman–Crippen LogP) is 4.83. The van der Waals surface area contributed by atoms with Crippen molar-refractivity contribution in [2.75, 3.05) is 0 Å². The average molecular weight is 190 g/mol. The van der Waals surface area contributed by atoms with Crippen LogP contribution in [0.25, 0.3) is 5.57 Å². The molecule has 0 nitrogen and oxygen atoms in total. The van der Waals surface area contributed by atoms with Gasteiger partial charge < -0.3 is 0 Å². The van der Waals surface area contributed by atoms with Crippen molar-refractivity contribution >= 4 is 5.57 Å². The molecule has 0 aliphatic carbocycles. The summed E-state index contributed by atoms with van der Waals surface area (Å²) in [6.45, 7) is 10.5. The van der Waals surface area contributed by atoms with E-state index in [1.165, 1.54) is 16.7 Å². The molecule has 0 saturated heterocycles. The zero-order valence-electron chi connectivity index (χ0n) is 10.1. The van der Waals surface area contributed by atoms with Crippen molar-refractivity contribution in [2.24, 2.45) is 0 Å². The highest BCUT2D eigenvalue weighted by atomic mass is 14.0. The molecule has 0 heteroatoms. The summed E-state index contributed by atoms with van der Waals surface area (Å²) in [4.78, 5) is 0. The van der Waals surface area contributed by atoms with Gasteiger partial charge in [-0.05, 0) is 37.0 Å². The molecule has 0 radical (unpaired) electrons. The van der Waals surface area contributed by atoms with Crippen molar-refractivity contribution in [1.82, 2.24) is 0 Å². The Labute approximate surface area is 88.7 Å². The Bertz CT molecular complexity index is 282. The summed E-state index contributed by atoms with van der Waals surface area (Å²) in [6.07, 6.45) is 3.31. The van der Waals surface area contributed by atoms with Crippen LogP contribution >= 0.6 is 0 Å². The van der Waals surface area contributed by atoms with E-state index in [2.05, 4.69) is 51.1 Å². The lowest BCUT2D eigenvalue weighted by Crippen LogP contribution is -1.86. The summed E-state index contributed by atoms with van der Waals surface area (Å²) >= 11 is 0. The van der Waals surface area contributed by atoms with Crippen LogP contribution in [0.1, 0.15) is 45.2 Å². The van der Waals surface area contributed by atoms with Gasteiger partial charge in [0.15, 0.2) is 0 Å². The second kappa shape index (κ2) is 7.37. The minimum absolute atomic E-state index is 1.11. The van der Waals surface area contributed by atoms with E-state index in [0.717, 1.165) is 6.42 Å². The van der Waals surface area contributed by atoms with E-state index in [1.54, 1.807) is 0 Å². The van der Waals surface area contributed by atoms with Crippen molar-refractivity contribution in [2.45, 2.75) is 41.0 Å². The maximum absolute atomic E-state index is 2.20. The van der Waals surface area contributed by atoms with Crippen molar-refractivity contribution in [3.8, 4) is 0 Å². The molecule has 0 aliphatic rings. The highest BCUT2D eigenvalue weighted by Crippen LogP contribution is 2.20. The number of aryl methyl sites for hydroxylation is 1. The van der Waals surface area contributed by atoms with Crippen LogP contribution in [0.3, 0.4) is 0 Å². The molecule has 0 atom stereocenters. The smallest absolute Gasteiger partial charge is 0.0199 e. The third-order valence-electron chi connectivity index (χ3n) is 2.22. The third-order valence-corrected chi connectivity index (χ3v) is 2.22. The highest BCUT2D eigenvalue weighted by molar-refractivity contribution is 5.67. The van der Waals surface area contributed by atoms with Crippen molar-refractivity contribution in [1.29, 1.82) is 0 Å². The molecule has 0 aliphatic heterocycles. The van der Waals surface area contributed by atoms with Gasteiger partial charge in [-0.15, -0.1) is 0 Å². The number of allylic oxidation sites excluding steroid dienone is 2. The summed E-state index contributed by atoms with van der Waals surface area (Å²) in [6, 6.07) is 8.53. The molecule has 1 aromatic rings. The summed E-state index contributed by atoms with van der Waals surface area (Å²) in [5.74, 6) is 0. The topological polar surface area (TPSA) is 0 Å². The first-order valence-corrected chi connectivity index (χ1v) is 5.50. The lowest BCUT2D eigenvalue weighted by Gasteiger charge is -2.07. The predicted molar refractivity (Wildman–Crippen MR) is 66.5 cm³/mol. The van der Waals surface area contributed by atoms with Crippen LogP contribution in [0.2, 0.25) is 0 Å². The number of rotatable bonds is 2. The summed E-state index contributed by atoms with van der Waals surface area (Å²) in [5, 5.41) is 0. The van der Waals surface area contributed by atoms with Gasteiger partial charge in [-0.2, -0.15) is 0 Å². The molecule has 0 aromatic heterocycles. The highest BCUT2D eigenvalue weighted by Gasteiger charge is 1.99. The van der Waals surface area contributed by atoms with Gasteiger partial charge in [-0.1, -0.05) is 51.1 Å². The van der Waals surface area contributed by atoms with E-state index in [9.17, 15) is 0 Å². The molecule has 0 amide bonds. The first kappa shape index (κ1) is 13.0. The van der Waals surface area contributed by atoms with E-state index >= 15 is 0 Å². The van der Waals surface area contributed by atoms with Crippen LogP contribution in [0.4, 0.5) is 0 Å². The zero-order valence-corrected chi connectivity index (χ0v) is 10.1. The molecular formula is C14H22. The Morgan fingerprint density at radius 3 is 2.21 bits per heavy atom. The average Bonchev–Trinajstić information content (AvgIpc) is 2.25. The molecule has 78 valence electrons. The van der Waals surface area contributed by atoms with Crippen LogP contribution < -0.4 is 0 Å². The molecular weight excluding hydrogens is 168 g/mol. The molecule has 0 bridgehead atoms. The zero-order chi connectivity index (χ0) is 11.0. The van der Waals surface area contributed by atoms with Crippen molar-refractivity contribution in [3.05, 3.63) is 41.5 Å². The Kier molecular flexibility index (Phi) is 6.82. The van der Waals surface area contributed by atoms with Gasteiger partial charge in [-0.3, -0.25) is 0 Å². The summed E-state index contributed by atoms with van der Waals surface area (Å²) in [7, 11) is 0. The van der Waals surface area contributed by atoms with Crippen LogP contribution in [-0.4, -0.2) is 0 Å².